The van der Waals surface area contributed by atoms with Gasteiger partial charge >= 0.3 is 18.4 Å². The van der Waals surface area contributed by atoms with Crippen molar-refractivity contribution in [2.45, 2.75) is 24.3 Å². The Hall–Kier alpha value is -3.83. The van der Waals surface area contributed by atoms with E-state index in [0.717, 1.165) is 31.4 Å². The molecule has 3 aromatic carbocycles. The maximum absolute atomic E-state index is 14.5. The lowest BCUT2D eigenvalue weighted by Crippen LogP contribution is -2.53. The monoisotopic (exact) mass is 532 g/mol. The summed E-state index contributed by atoms with van der Waals surface area (Å²) in [6.45, 7) is -1.75. The number of methoxy groups -OCH3 is 1. The first-order chi connectivity index (χ1) is 17.2. The molecule has 0 radical (unpaired) electrons. The van der Waals surface area contributed by atoms with Crippen molar-refractivity contribution in [2.75, 3.05) is 13.7 Å². The molecule has 0 aliphatic rings. The first-order valence-corrected chi connectivity index (χ1v) is 10.6. The van der Waals surface area contributed by atoms with Crippen molar-refractivity contribution in [1.29, 1.82) is 0 Å². The molecule has 2 N–H and O–H groups in total. The minimum Gasteiger partial charge on any atom is -0.494 e. The van der Waals surface area contributed by atoms with Gasteiger partial charge in [0.15, 0.2) is 11.6 Å². The molecule has 1 atom stereocenters. The van der Waals surface area contributed by atoms with Gasteiger partial charge < -0.3 is 15.4 Å². The molecule has 0 spiro atoms. The predicted molar refractivity (Wildman–Crippen MR) is 118 cm³/mol. The molecular formula is C25H20F8N2O2. The van der Waals surface area contributed by atoms with Gasteiger partial charge in [-0.1, -0.05) is 36.4 Å². The summed E-state index contributed by atoms with van der Waals surface area (Å²) in [4.78, 5) is 12.7. The molecule has 0 saturated heterocycles. The number of nitrogens with one attached hydrogen (secondary N) is 2. The third-order valence-electron chi connectivity index (χ3n) is 5.45. The first kappa shape index (κ1) is 27.8. The highest BCUT2D eigenvalue weighted by Gasteiger charge is 2.41. The van der Waals surface area contributed by atoms with Gasteiger partial charge in [0.25, 0.3) is 0 Å². The Balaban J connectivity index is 2.30. The largest absolute Gasteiger partial charge is 0.494 e. The Labute approximate surface area is 206 Å². The fourth-order valence-electron chi connectivity index (χ4n) is 3.80. The molecule has 0 heterocycles. The Morgan fingerprint density at radius 2 is 1.49 bits per heavy atom. The molecule has 0 bridgehead atoms. The normalized spacial score (nSPS) is 13.5. The van der Waals surface area contributed by atoms with Gasteiger partial charge in [0.05, 0.1) is 18.2 Å². The number of rotatable bonds is 7. The summed E-state index contributed by atoms with van der Waals surface area (Å²) in [6.07, 6.45) is -10.1. The highest BCUT2D eigenvalue weighted by molar-refractivity contribution is 5.76. The zero-order chi connectivity index (χ0) is 27.4. The van der Waals surface area contributed by atoms with Crippen molar-refractivity contribution in [3.63, 3.8) is 0 Å². The minimum absolute atomic E-state index is 0.0736. The molecule has 12 heteroatoms. The summed E-state index contributed by atoms with van der Waals surface area (Å²) in [6, 6.07) is 11.1. The average molecular weight is 532 g/mol. The fraction of sp³-hybridized carbons (Fsp3) is 0.240. The zero-order valence-electron chi connectivity index (χ0n) is 19.1. The van der Waals surface area contributed by atoms with E-state index >= 15 is 0 Å². The van der Waals surface area contributed by atoms with Crippen LogP contribution in [0.1, 0.15) is 22.3 Å². The van der Waals surface area contributed by atoms with Crippen LogP contribution in [-0.2, 0) is 18.1 Å². The van der Waals surface area contributed by atoms with E-state index in [1.54, 1.807) is 35.6 Å². The van der Waals surface area contributed by atoms with E-state index in [1.807, 2.05) is 0 Å². The highest BCUT2D eigenvalue weighted by Crippen LogP contribution is 2.39. The van der Waals surface area contributed by atoms with Gasteiger partial charge in [-0.2, -0.15) is 26.3 Å². The van der Waals surface area contributed by atoms with E-state index < -0.39 is 53.2 Å². The van der Waals surface area contributed by atoms with E-state index in [2.05, 4.69) is 5.32 Å². The summed E-state index contributed by atoms with van der Waals surface area (Å²) in [7, 11) is 1.12. The number of carbonyl (C=O) groups excluding carboxylic acids is 1. The summed E-state index contributed by atoms with van der Waals surface area (Å²) in [5.74, 6) is -2.52. The van der Waals surface area contributed by atoms with Crippen molar-refractivity contribution in [1.82, 2.24) is 10.6 Å². The van der Waals surface area contributed by atoms with E-state index in [0.29, 0.717) is 11.6 Å². The Morgan fingerprint density at radius 1 is 0.838 bits per heavy atom. The number of hydrogen-bond donors (Lipinski definition) is 2. The van der Waals surface area contributed by atoms with Crippen LogP contribution in [0.4, 0.5) is 39.9 Å². The lowest BCUT2D eigenvalue weighted by atomic mass is 9.77. The topological polar surface area (TPSA) is 50.4 Å². The first-order valence-electron chi connectivity index (χ1n) is 10.6. The smallest absolute Gasteiger partial charge is 0.416 e. The number of hydrogen-bond acceptors (Lipinski definition) is 2. The second-order valence-corrected chi connectivity index (χ2v) is 8.07. The molecule has 37 heavy (non-hydrogen) atoms. The van der Waals surface area contributed by atoms with Crippen LogP contribution in [0, 0.1) is 11.6 Å². The number of halogens is 8. The number of alkyl halides is 6. The van der Waals surface area contributed by atoms with Crippen LogP contribution in [0.5, 0.6) is 5.75 Å². The lowest BCUT2D eigenvalue weighted by molar-refractivity contribution is -0.137. The van der Waals surface area contributed by atoms with Crippen LogP contribution in [0.15, 0.2) is 66.7 Å². The molecule has 0 aromatic heterocycles. The second kappa shape index (κ2) is 10.7. The predicted octanol–water partition coefficient (Wildman–Crippen LogP) is 6.34. The summed E-state index contributed by atoms with van der Waals surface area (Å²) in [5.41, 5.74) is -3.60. The van der Waals surface area contributed by atoms with Gasteiger partial charge in [-0.25, -0.2) is 13.6 Å². The van der Waals surface area contributed by atoms with Crippen molar-refractivity contribution in [3.8, 4) is 5.75 Å². The van der Waals surface area contributed by atoms with Gasteiger partial charge in [0, 0.05) is 6.42 Å². The number of amides is 2. The van der Waals surface area contributed by atoms with Gasteiger partial charge in [-0.05, 0) is 47.0 Å². The number of ether oxygens (including phenoxy) is 1. The summed E-state index contributed by atoms with van der Waals surface area (Å²) >= 11 is 0. The van der Waals surface area contributed by atoms with Gasteiger partial charge in [-0.3, -0.25) is 0 Å². The summed E-state index contributed by atoms with van der Waals surface area (Å²) < 4.78 is 113. The van der Waals surface area contributed by atoms with E-state index in [1.165, 1.54) is 0 Å². The van der Waals surface area contributed by atoms with Gasteiger partial charge in [-0.15, -0.1) is 0 Å². The van der Waals surface area contributed by atoms with Crippen LogP contribution < -0.4 is 15.4 Å². The standard InChI is InChI=1S/C25H20F8N2O2/c1-37-21-12-16(7-8-20(21)27)23(13-15-5-3-2-4-6-15,35-22(36)34-14-24(28,29)30)17-9-18(25(31,32)33)11-19(26)10-17/h2-12H,13-14H2,1H3,(H2,34,35,36). The zero-order valence-corrected chi connectivity index (χ0v) is 19.1. The Kier molecular flexibility index (Phi) is 7.99. The molecule has 2 amide bonds. The Bertz CT molecular complexity index is 1250. The van der Waals surface area contributed by atoms with Crippen LogP contribution >= 0.6 is 0 Å². The highest BCUT2D eigenvalue weighted by atomic mass is 19.4. The molecule has 3 aromatic rings. The van der Waals surface area contributed by atoms with Gasteiger partial charge in [0.2, 0.25) is 0 Å². The van der Waals surface area contributed by atoms with Gasteiger partial charge in [0.1, 0.15) is 12.4 Å². The second-order valence-electron chi connectivity index (χ2n) is 8.07. The molecule has 0 aliphatic carbocycles. The van der Waals surface area contributed by atoms with Crippen molar-refractivity contribution >= 4 is 6.03 Å². The minimum atomic E-state index is -4.99. The molecule has 3 rings (SSSR count). The molecular weight excluding hydrogens is 512 g/mol. The van der Waals surface area contributed by atoms with Crippen LogP contribution in [0.2, 0.25) is 0 Å². The van der Waals surface area contributed by atoms with Crippen molar-refractivity contribution < 1.29 is 44.7 Å². The van der Waals surface area contributed by atoms with E-state index in [-0.39, 0.29) is 23.8 Å². The van der Waals surface area contributed by atoms with Crippen LogP contribution in [-0.4, -0.2) is 25.9 Å². The Morgan fingerprint density at radius 3 is 2.08 bits per heavy atom. The van der Waals surface area contributed by atoms with E-state index in [9.17, 15) is 39.9 Å². The molecule has 1 unspecified atom stereocenters. The number of benzene rings is 3. The molecule has 4 nitrogen and oxygen atoms in total. The molecule has 0 aliphatic heterocycles. The van der Waals surface area contributed by atoms with E-state index in [4.69, 9.17) is 4.74 Å². The summed E-state index contributed by atoms with van der Waals surface area (Å²) in [5, 5.41) is 3.91. The van der Waals surface area contributed by atoms with Crippen molar-refractivity contribution in [3.05, 3.63) is 101 Å². The fourth-order valence-corrected chi connectivity index (χ4v) is 3.80. The van der Waals surface area contributed by atoms with Crippen LogP contribution in [0.25, 0.3) is 0 Å². The van der Waals surface area contributed by atoms with Crippen molar-refractivity contribution in [2.24, 2.45) is 0 Å². The third kappa shape index (κ3) is 6.89. The number of carbonyl (C=O) groups is 1. The molecule has 198 valence electrons. The maximum Gasteiger partial charge on any atom is 0.416 e. The SMILES string of the molecule is COc1cc(C(Cc2ccccc2)(NC(=O)NCC(F)(F)F)c2cc(F)cc(C(F)(F)F)c2)ccc1F. The van der Waals surface area contributed by atoms with Crippen LogP contribution in [0.3, 0.4) is 0 Å². The molecule has 0 fully saturated rings. The molecule has 0 saturated carbocycles. The average Bonchev–Trinajstić information content (AvgIpc) is 2.82. The number of urea groups is 1. The lowest BCUT2D eigenvalue weighted by Gasteiger charge is -2.37. The quantitative estimate of drug-likeness (QED) is 0.349. The third-order valence-corrected chi connectivity index (χ3v) is 5.45. The maximum atomic E-state index is 14.5.